The van der Waals surface area contributed by atoms with E-state index in [0.717, 1.165) is 57.5 Å². The van der Waals surface area contributed by atoms with E-state index in [9.17, 15) is 0 Å². The largest absolute Gasteiger partial charge is 0.368 e. The van der Waals surface area contributed by atoms with Gasteiger partial charge in [-0.25, -0.2) is 4.98 Å². The molecule has 0 aliphatic carbocycles. The van der Waals surface area contributed by atoms with E-state index < -0.39 is 0 Å². The van der Waals surface area contributed by atoms with Crippen LogP contribution in [0, 0.1) is 13.8 Å². The van der Waals surface area contributed by atoms with E-state index >= 15 is 0 Å². The first-order chi connectivity index (χ1) is 13.0. The zero-order valence-corrected chi connectivity index (χ0v) is 17.1. The van der Waals surface area contributed by atoms with Gasteiger partial charge in [-0.05, 0) is 64.2 Å². The van der Waals surface area contributed by atoms with Gasteiger partial charge < -0.3 is 20.0 Å². The summed E-state index contributed by atoms with van der Waals surface area (Å²) in [6.07, 6.45) is 2.93. The van der Waals surface area contributed by atoms with Crippen molar-refractivity contribution in [1.82, 2.24) is 14.9 Å². The van der Waals surface area contributed by atoms with Crippen LogP contribution in [0.1, 0.15) is 17.5 Å². The Bertz CT molecular complexity index is 737. The van der Waals surface area contributed by atoms with E-state index in [1.165, 1.54) is 16.8 Å². The number of hydrogen-bond acceptors (Lipinski definition) is 6. The highest BCUT2D eigenvalue weighted by atomic mass is 15.3. The lowest BCUT2D eigenvalue weighted by Crippen LogP contribution is -2.47. The van der Waals surface area contributed by atoms with Gasteiger partial charge in [-0.15, -0.1) is 0 Å². The summed E-state index contributed by atoms with van der Waals surface area (Å²) in [6, 6.07) is 8.59. The van der Waals surface area contributed by atoms with Crippen LogP contribution >= 0.6 is 0 Å². The Morgan fingerprint density at radius 1 is 1.04 bits per heavy atom. The number of nitrogens with one attached hydrogen (secondary N) is 1. The molecule has 1 saturated heterocycles. The monoisotopic (exact) mass is 368 g/mol. The van der Waals surface area contributed by atoms with Gasteiger partial charge in [-0.3, -0.25) is 0 Å². The summed E-state index contributed by atoms with van der Waals surface area (Å²) < 4.78 is 0. The van der Waals surface area contributed by atoms with Gasteiger partial charge in [0.25, 0.3) is 0 Å². The molecule has 0 saturated carbocycles. The Kier molecular flexibility index (Phi) is 6.50. The molecule has 1 N–H and O–H groups in total. The van der Waals surface area contributed by atoms with Gasteiger partial charge in [0, 0.05) is 44.6 Å². The van der Waals surface area contributed by atoms with Crippen molar-refractivity contribution in [3.63, 3.8) is 0 Å². The van der Waals surface area contributed by atoms with E-state index in [4.69, 9.17) is 4.98 Å². The Labute approximate surface area is 163 Å². The van der Waals surface area contributed by atoms with Crippen LogP contribution in [0.15, 0.2) is 30.5 Å². The highest BCUT2D eigenvalue weighted by Crippen LogP contribution is 2.25. The van der Waals surface area contributed by atoms with Crippen molar-refractivity contribution in [2.45, 2.75) is 20.3 Å². The van der Waals surface area contributed by atoms with Gasteiger partial charge in [0.15, 0.2) is 0 Å². The van der Waals surface area contributed by atoms with E-state index in [-0.39, 0.29) is 0 Å². The van der Waals surface area contributed by atoms with Gasteiger partial charge >= 0.3 is 0 Å². The van der Waals surface area contributed by atoms with Crippen LogP contribution in [0.2, 0.25) is 0 Å². The van der Waals surface area contributed by atoms with E-state index in [1.807, 2.05) is 12.3 Å². The van der Waals surface area contributed by atoms with Gasteiger partial charge in [-0.1, -0.05) is 12.1 Å². The number of aromatic nitrogens is 2. The van der Waals surface area contributed by atoms with Crippen molar-refractivity contribution < 1.29 is 0 Å². The molecule has 6 nitrogen and oxygen atoms in total. The molecule has 0 bridgehead atoms. The fourth-order valence-electron chi connectivity index (χ4n) is 3.46. The van der Waals surface area contributed by atoms with E-state index in [2.05, 4.69) is 71.1 Å². The predicted octanol–water partition coefficient (Wildman–Crippen LogP) is 2.78. The molecule has 27 heavy (non-hydrogen) atoms. The van der Waals surface area contributed by atoms with Crippen molar-refractivity contribution in [2.24, 2.45) is 0 Å². The molecule has 1 aliphatic rings. The minimum atomic E-state index is 0.725. The lowest BCUT2D eigenvalue weighted by Gasteiger charge is -2.37. The molecule has 3 rings (SSSR count). The molecule has 1 aromatic heterocycles. The van der Waals surface area contributed by atoms with Gasteiger partial charge in [-0.2, -0.15) is 4.98 Å². The first-order valence-electron chi connectivity index (χ1n) is 9.82. The van der Waals surface area contributed by atoms with E-state index in [1.54, 1.807) is 0 Å². The first kappa shape index (κ1) is 19.4. The molecule has 146 valence electrons. The molecule has 1 aliphatic heterocycles. The number of piperazine rings is 1. The SMILES string of the molecule is Cc1cccc(N2CCN(c3ccnc(NCCCN(C)C)n3)CC2)c1C. The smallest absolute Gasteiger partial charge is 0.224 e. The maximum atomic E-state index is 4.71. The summed E-state index contributed by atoms with van der Waals surface area (Å²) in [7, 11) is 4.18. The maximum Gasteiger partial charge on any atom is 0.224 e. The van der Waals surface area contributed by atoms with Crippen LogP contribution in [0.25, 0.3) is 0 Å². The Morgan fingerprint density at radius 3 is 2.52 bits per heavy atom. The lowest BCUT2D eigenvalue weighted by molar-refractivity contribution is 0.405. The van der Waals surface area contributed by atoms with E-state index in [0.29, 0.717) is 0 Å². The fourth-order valence-corrected chi connectivity index (χ4v) is 3.46. The zero-order valence-electron chi connectivity index (χ0n) is 17.1. The van der Waals surface area contributed by atoms with Crippen molar-refractivity contribution in [2.75, 3.05) is 68.5 Å². The molecule has 2 heterocycles. The maximum absolute atomic E-state index is 4.71. The second-order valence-electron chi connectivity index (χ2n) is 7.52. The van der Waals surface area contributed by atoms with Crippen LogP contribution < -0.4 is 15.1 Å². The summed E-state index contributed by atoms with van der Waals surface area (Å²) in [4.78, 5) is 16.1. The molecular weight excluding hydrogens is 336 g/mol. The topological polar surface area (TPSA) is 47.5 Å². The minimum Gasteiger partial charge on any atom is -0.368 e. The second-order valence-corrected chi connectivity index (χ2v) is 7.52. The van der Waals surface area contributed by atoms with Gasteiger partial charge in [0.2, 0.25) is 5.95 Å². The molecule has 1 fully saturated rings. The summed E-state index contributed by atoms with van der Waals surface area (Å²) in [5, 5.41) is 3.34. The third-order valence-corrected chi connectivity index (χ3v) is 5.23. The van der Waals surface area contributed by atoms with Crippen LogP contribution in [-0.2, 0) is 0 Å². The minimum absolute atomic E-state index is 0.725. The quantitative estimate of drug-likeness (QED) is 0.759. The molecule has 1 aromatic carbocycles. The zero-order chi connectivity index (χ0) is 19.2. The predicted molar refractivity (Wildman–Crippen MR) is 114 cm³/mol. The Balaban J connectivity index is 1.56. The fraction of sp³-hybridized carbons (Fsp3) is 0.524. The normalized spacial score (nSPS) is 14.7. The lowest BCUT2D eigenvalue weighted by atomic mass is 10.1. The highest BCUT2D eigenvalue weighted by molar-refractivity contribution is 5.57. The Hall–Kier alpha value is -2.34. The molecule has 2 aromatic rings. The average Bonchev–Trinajstić information content (AvgIpc) is 2.68. The molecule has 6 heteroatoms. The first-order valence-corrected chi connectivity index (χ1v) is 9.82. The number of benzene rings is 1. The molecular formula is C21H32N6. The number of aryl methyl sites for hydroxylation is 1. The number of nitrogens with zero attached hydrogens (tertiary/aromatic N) is 5. The van der Waals surface area contributed by atoms with Crippen molar-refractivity contribution in [1.29, 1.82) is 0 Å². The van der Waals surface area contributed by atoms with Crippen molar-refractivity contribution in [3.05, 3.63) is 41.6 Å². The van der Waals surface area contributed by atoms with Crippen LogP contribution in [0.3, 0.4) is 0 Å². The number of anilines is 3. The number of rotatable bonds is 7. The van der Waals surface area contributed by atoms with Gasteiger partial charge in [0.05, 0.1) is 0 Å². The third-order valence-electron chi connectivity index (χ3n) is 5.23. The summed E-state index contributed by atoms with van der Waals surface area (Å²) in [5.74, 6) is 1.74. The Morgan fingerprint density at radius 2 is 1.78 bits per heavy atom. The second kappa shape index (κ2) is 9.04. The van der Waals surface area contributed by atoms with Crippen LogP contribution in [-0.4, -0.2) is 68.2 Å². The molecule has 0 amide bonds. The average molecular weight is 369 g/mol. The van der Waals surface area contributed by atoms with Crippen LogP contribution in [0.5, 0.6) is 0 Å². The number of hydrogen-bond donors (Lipinski definition) is 1. The third kappa shape index (κ3) is 5.10. The summed E-state index contributed by atoms with van der Waals surface area (Å²) in [6.45, 7) is 10.3. The van der Waals surface area contributed by atoms with Crippen molar-refractivity contribution in [3.8, 4) is 0 Å². The molecule has 0 spiro atoms. The van der Waals surface area contributed by atoms with Crippen LogP contribution in [0.4, 0.5) is 17.5 Å². The summed E-state index contributed by atoms with van der Waals surface area (Å²) >= 11 is 0. The van der Waals surface area contributed by atoms with Gasteiger partial charge in [0.1, 0.15) is 5.82 Å². The molecule has 0 atom stereocenters. The highest BCUT2D eigenvalue weighted by Gasteiger charge is 2.20. The standard InChI is InChI=1S/C21H32N6/c1-17-7-5-8-19(18(17)2)26-13-15-27(16-14-26)20-9-11-23-21(24-20)22-10-6-12-25(3)4/h5,7-9,11H,6,10,12-16H2,1-4H3,(H,22,23,24). The molecule has 0 radical (unpaired) electrons. The molecule has 0 unspecified atom stereocenters. The van der Waals surface area contributed by atoms with Crippen molar-refractivity contribution >= 4 is 17.5 Å². The summed E-state index contributed by atoms with van der Waals surface area (Å²) in [5.41, 5.74) is 4.11.